The Kier molecular flexibility index (Phi) is 57.2. The van der Waals surface area contributed by atoms with Crippen molar-refractivity contribution in [3.05, 3.63) is 18.7 Å². The number of hydrogen-bond donors (Lipinski definition) is 3. The summed E-state index contributed by atoms with van der Waals surface area (Å²) >= 11 is 0. The quantitative estimate of drug-likeness (QED) is 0.0386. The largest absolute Gasteiger partial charge is 1.00 e. The normalized spacial score (nSPS) is 20.7. The second kappa shape index (κ2) is 54.8. The Hall–Kier alpha value is -1.76. The summed E-state index contributed by atoms with van der Waals surface area (Å²) in [5, 5.41) is 5.04. The minimum Gasteiger partial charge on any atom is -1.00 e. The molecule has 102 heavy (non-hydrogen) atoms. The number of halogens is 2. The molecule has 1 aromatic rings. The predicted octanol–water partition coefficient (Wildman–Crippen LogP) is 12.1. The van der Waals surface area contributed by atoms with E-state index in [9.17, 15) is 17.4 Å². The summed E-state index contributed by atoms with van der Waals surface area (Å²) in [5.74, 6) is 2.04. The van der Waals surface area contributed by atoms with Crippen molar-refractivity contribution >= 4 is 113 Å². The number of hydrogen-bond acceptors (Lipinski definition) is 13. The zero-order chi connectivity index (χ0) is 77.3. The van der Waals surface area contributed by atoms with Gasteiger partial charge in [-0.05, 0) is 238 Å². The standard InChI is InChI=1S/C15H32BNO3S.C15H25N2.C14H24N2.C11H24BNO2.C9H19NOS.C5H10O.C4H11NOS.C2H2O2.B2H3.2ClH/c1-11(2)10-12(17-21(18)13(3,4)5)16-19-14(6,7)15(8,9)20-16;1-3-7-14(8-4-1)16-11-12-17(13-16)15-9-5-2-6-10-15;1-3-7-13(8-4-1)15-11-12-16-14-9-5-2-6-10-14;1-8(2)7-9(13)12-14-10(3,4)11(5,6)15-12;1-8(2)6-7-10-12(11)9(3,4)5;1-5(2)3-4-6;1-4(2,3)7(5)6;3-1-2-4;1-2;;/h11-12,17H,10H2,1-9H3;11-15H,1-10H2;11-14H,1-10H2;8-9H,7,13H2,1-6H3;7-8H,6H2,1-5H3;4-5H,3H2,1-2H3;5H2,1-3H3;1-2H;1H3;2*1H/q;+1;;;;;;;-1;;/p-1/t12-,21+;;;9-;12-;;7-;;;;/m0..01.1..../s1. The number of nitrogens with two attached hydrogens (primary N) is 2. The van der Waals surface area contributed by atoms with Gasteiger partial charge in [-0.25, -0.2) is 26.5 Å². The highest BCUT2D eigenvalue weighted by molar-refractivity contribution is 7.85. The van der Waals surface area contributed by atoms with E-state index in [-0.39, 0.29) is 108 Å². The second-order valence-corrected chi connectivity index (χ2v) is 39.9. The summed E-state index contributed by atoms with van der Waals surface area (Å²) in [4.78, 5) is 36.4. The van der Waals surface area contributed by atoms with Crippen LogP contribution in [0.4, 0.5) is 0 Å². The number of aromatic nitrogens is 2. The van der Waals surface area contributed by atoms with Crippen LogP contribution in [0.1, 0.15) is 339 Å². The molecule has 27 heteroatoms. The van der Waals surface area contributed by atoms with Crippen LogP contribution in [0.5, 0.6) is 0 Å². The van der Waals surface area contributed by atoms with Gasteiger partial charge in [-0.15, -0.1) is 12.4 Å². The third-order valence-corrected chi connectivity index (χ3v) is 22.7. The van der Waals surface area contributed by atoms with E-state index >= 15 is 0 Å². The van der Waals surface area contributed by atoms with Crippen LogP contribution in [0.3, 0.4) is 0 Å². The molecule has 1 aromatic heterocycles. The van der Waals surface area contributed by atoms with Gasteiger partial charge < -0.3 is 41.6 Å². The van der Waals surface area contributed by atoms with E-state index in [1.807, 2.05) is 116 Å². The van der Waals surface area contributed by atoms with Gasteiger partial charge in [-0.3, -0.25) is 24.7 Å². The van der Waals surface area contributed by atoms with Crippen LogP contribution in [0.25, 0.3) is 0 Å². The van der Waals surface area contributed by atoms with E-state index in [1.165, 1.54) is 128 Å². The van der Waals surface area contributed by atoms with E-state index in [2.05, 4.69) is 116 Å². The average molecular weight is 1540 g/mol. The van der Waals surface area contributed by atoms with Crippen LogP contribution in [0.15, 0.2) is 33.1 Å². The molecule has 5 atom stereocenters. The fraction of sp³-hybridized carbons (Fsp3) is 0.880. The van der Waals surface area contributed by atoms with Gasteiger partial charge in [0.25, 0.3) is 0 Å². The number of aldehydes is 3. The van der Waals surface area contributed by atoms with Crippen molar-refractivity contribution < 1.29 is 62.6 Å². The summed E-state index contributed by atoms with van der Waals surface area (Å²) in [6, 6.07) is 2.75. The lowest BCUT2D eigenvalue weighted by Crippen LogP contribution is -3.00. The lowest BCUT2D eigenvalue weighted by Gasteiger charge is -2.32. The molecule has 0 unspecified atom stereocenters. The van der Waals surface area contributed by atoms with Crippen LogP contribution < -0.4 is 32.6 Å². The fourth-order valence-electron chi connectivity index (χ4n) is 10.8. The highest BCUT2D eigenvalue weighted by Crippen LogP contribution is 2.40. The van der Waals surface area contributed by atoms with Crippen LogP contribution in [-0.4, -0.2) is 145 Å². The van der Waals surface area contributed by atoms with Crippen molar-refractivity contribution in [1.29, 1.82) is 0 Å². The molecule has 596 valence electrons. The smallest absolute Gasteiger partial charge is 0.477 e. The molecule has 6 fully saturated rings. The lowest BCUT2D eigenvalue weighted by atomic mass is 9.75. The van der Waals surface area contributed by atoms with Crippen molar-refractivity contribution in [2.45, 2.75) is 400 Å². The highest BCUT2D eigenvalue weighted by Gasteiger charge is 2.55. The van der Waals surface area contributed by atoms with E-state index in [0.717, 1.165) is 37.6 Å². The minimum absolute atomic E-state index is 0. The summed E-state index contributed by atoms with van der Waals surface area (Å²) in [6.07, 6.45) is 44.9. The number of rotatable bonds is 19. The molecule has 5 N–H and O–H groups in total. The molecule has 0 amide bonds. The summed E-state index contributed by atoms with van der Waals surface area (Å²) in [7, 11) is 0.956. The molecule has 3 heterocycles. The monoisotopic (exact) mass is 1530 g/mol. The molecule has 6 aliphatic rings. The van der Waals surface area contributed by atoms with Gasteiger partial charge in [0, 0.05) is 43.1 Å². The SMILES string of the molecule is C(C=NC1CCCCC1)=NC1CCCCC1.CC(C)(C)[S@](N)=O.CC(C)CC=N[S@](=O)C(C)(C)C.CC(C)CC=O.CC(C)C[C@H](N)B1OC(C)(C)C(C)(C)O1.CC(C)C[C@H](N[S@](=O)C(C)(C)C)B1OC(C)(C)C(C)(C)O1.Cl.O=CC=O.[B][BH3-].[Cl-].c1c[n+](C2CCCCC2)cn1C1CCCCC1. The maximum atomic E-state index is 12.4. The number of carbonyl (C=O) groups is 3. The Morgan fingerprint density at radius 1 is 0.578 bits per heavy atom. The molecule has 4 aliphatic carbocycles. The van der Waals surface area contributed by atoms with E-state index in [4.69, 9.17) is 46.8 Å². The van der Waals surface area contributed by atoms with Crippen molar-refractivity contribution in [2.24, 2.45) is 48.9 Å². The maximum absolute atomic E-state index is 12.4. The fourth-order valence-corrected chi connectivity index (χ4v) is 12.2. The molecule has 0 spiro atoms. The Morgan fingerprint density at radius 3 is 1.25 bits per heavy atom. The zero-order valence-corrected chi connectivity index (χ0v) is 72.2. The van der Waals surface area contributed by atoms with E-state index < -0.39 is 33.0 Å². The van der Waals surface area contributed by atoms with Crippen LogP contribution in [0, 0.1) is 23.7 Å². The Labute approximate surface area is 647 Å². The lowest BCUT2D eigenvalue weighted by molar-refractivity contribution is -0.725. The first kappa shape index (κ1) is 107. The average Bonchev–Trinajstić information content (AvgIpc) is 1.64. The number of nitrogens with one attached hydrogen (secondary N) is 1. The molecule has 2 saturated heterocycles. The molecule has 7 rings (SSSR count). The van der Waals surface area contributed by atoms with Crippen molar-refractivity contribution in [2.75, 3.05) is 0 Å². The first-order valence-corrected chi connectivity index (χ1v) is 41.0. The molecule has 0 bridgehead atoms. The van der Waals surface area contributed by atoms with Crippen molar-refractivity contribution in [3.63, 3.8) is 0 Å². The van der Waals surface area contributed by atoms with Gasteiger partial charge in [-0.2, -0.15) is 12.1 Å². The summed E-state index contributed by atoms with van der Waals surface area (Å²) in [5.41, 5.74) is 4.80. The predicted molar refractivity (Wildman–Crippen MR) is 442 cm³/mol. The second-order valence-electron chi connectivity index (χ2n) is 34.1. The number of carbonyl (C=O) groups excluding carboxylic acids is 3. The van der Waals surface area contributed by atoms with Gasteiger partial charge in [-0.1, -0.05) is 114 Å². The Morgan fingerprint density at radius 2 is 0.941 bits per heavy atom. The molecule has 4 saturated carbocycles. The molecule has 2 radical (unpaired) electrons. The first-order valence-electron chi connectivity index (χ1n) is 37.5. The van der Waals surface area contributed by atoms with Crippen LogP contribution in [0.2, 0.25) is 0 Å². The van der Waals surface area contributed by atoms with Gasteiger partial charge in [0.05, 0.1) is 64.6 Å². The minimum atomic E-state index is -1.18. The summed E-state index contributed by atoms with van der Waals surface area (Å²) < 4.78 is 69.5. The number of nitrogens with zero attached hydrogens (tertiary/aromatic N) is 5. The van der Waals surface area contributed by atoms with E-state index in [0.29, 0.717) is 42.2 Å². The zero-order valence-electron chi connectivity index (χ0n) is 68.2. The maximum Gasteiger partial charge on any atom is 0.477 e. The molecule has 18 nitrogen and oxygen atoms in total. The topological polar surface area (TPSA) is 249 Å². The number of imidazole rings is 1. The molecular formula is C75H151B4Cl2N8O10S3-. The third kappa shape index (κ3) is 47.2. The Balaban J connectivity index is -0.000000554. The van der Waals surface area contributed by atoms with Crippen molar-refractivity contribution in [3.8, 4) is 0 Å². The number of aliphatic imine (C=N–C) groups is 2. The van der Waals surface area contributed by atoms with Crippen molar-refractivity contribution in [1.82, 2.24) is 9.29 Å². The first-order chi connectivity index (χ1) is 46.3. The van der Waals surface area contributed by atoms with Crippen LogP contribution in [-0.2, 0) is 66.0 Å². The molecule has 2 aliphatic heterocycles. The van der Waals surface area contributed by atoms with E-state index in [1.54, 1.807) is 6.21 Å². The third-order valence-electron chi connectivity index (χ3n) is 18.5. The van der Waals surface area contributed by atoms with Crippen LogP contribution >= 0.6 is 12.4 Å². The molecular weight excluding hydrogens is 1380 g/mol. The van der Waals surface area contributed by atoms with Gasteiger partial charge in [0.2, 0.25) is 6.33 Å². The van der Waals surface area contributed by atoms with Gasteiger partial charge in [0.1, 0.15) is 41.7 Å². The molecule has 0 aromatic carbocycles. The Bertz CT molecular complexity index is 2410. The van der Waals surface area contributed by atoms with Gasteiger partial charge in [0.15, 0.2) is 12.6 Å². The summed E-state index contributed by atoms with van der Waals surface area (Å²) in [6.45, 7) is 50.5. The highest BCUT2D eigenvalue weighted by atomic mass is 35.5. The van der Waals surface area contributed by atoms with Gasteiger partial charge >= 0.3 is 14.2 Å².